The first-order valence-electron chi connectivity index (χ1n) is 8.31. The molecule has 2 unspecified atom stereocenters. The van der Waals surface area contributed by atoms with Gasteiger partial charge >= 0.3 is 0 Å². The molecule has 1 aliphatic carbocycles. The Morgan fingerprint density at radius 1 is 1.13 bits per heavy atom. The van der Waals surface area contributed by atoms with E-state index in [1.807, 2.05) is 24.3 Å². The van der Waals surface area contributed by atoms with Gasteiger partial charge in [-0.1, -0.05) is 36.4 Å². The van der Waals surface area contributed by atoms with E-state index in [1.165, 1.54) is 24.0 Å². The summed E-state index contributed by atoms with van der Waals surface area (Å²) in [5.74, 6) is 1.61. The van der Waals surface area contributed by atoms with Gasteiger partial charge in [-0.2, -0.15) is 0 Å². The van der Waals surface area contributed by atoms with Crippen LogP contribution in [-0.4, -0.2) is 12.2 Å². The zero-order chi connectivity index (χ0) is 16.2. The quantitative estimate of drug-likeness (QED) is 0.812. The first kappa shape index (κ1) is 16.0. The highest BCUT2D eigenvalue weighted by molar-refractivity contribution is 5.31. The molecule has 0 radical (unpaired) electrons. The molecular weight excluding hydrogens is 286 g/mol. The van der Waals surface area contributed by atoms with Crippen molar-refractivity contribution in [3.63, 3.8) is 0 Å². The molecule has 0 amide bonds. The van der Waals surface area contributed by atoms with Gasteiger partial charge in [-0.05, 0) is 54.5 Å². The summed E-state index contributed by atoms with van der Waals surface area (Å²) < 4.78 is 5.26. The van der Waals surface area contributed by atoms with Crippen molar-refractivity contribution < 1.29 is 9.84 Å². The van der Waals surface area contributed by atoms with E-state index in [1.54, 1.807) is 7.11 Å². The molecule has 0 spiro atoms. The van der Waals surface area contributed by atoms with E-state index in [9.17, 15) is 5.11 Å². The Balaban J connectivity index is 1.76. The fourth-order valence-electron chi connectivity index (χ4n) is 3.07. The van der Waals surface area contributed by atoms with Crippen LogP contribution < -0.4 is 10.1 Å². The number of benzene rings is 2. The van der Waals surface area contributed by atoms with Gasteiger partial charge in [-0.3, -0.25) is 0 Å². The van der Waals surface area contributed by atoms with Gasteiger partial charge in [0.05, 0.1) is 13.7 Å². The van der Waals surface area contributed by atoms with E-state index < -0.39 is 0 Å². The number of hydrogen-bond donors (Lipinski definition) is 2. The van der Waals surface area contributed by atoms with Crippen LogP contribution >= 0.6 is 0 Å². The summed E-state index contributed by atoms with van der Waals surface area (Å²) in [7, 11) is 1.70. The fraction of sp³-hybridized carbons (Fsp3) is 0.400. The minimum absolute atomic E-state index is 0.0884. The average molecular weight is 311 g/mol. The van der Waals surface area contributed by atoms with E-state index in [4.69, 9.17) is 4.74 Å². The molecule has 2 aromatic rings. The average Bonchev–Trinajstić information content (AvgIpc) is 3.44. The molecule has 1 fully saturated rings. The van der Waals surface area contributed by atoms with E-state index in [0.717, 1.165) is 11.3 Å². The Morgan fingerprint density at radius 3 is 2.48 bits per heavy atom. The van der Waals surface area contributed by atoms with Crippen LogP contribution in [-0.2, 0) is 6.61 Å². The first-order valence-corrected chi connectivity index (χ1v) is 8.31. The summed E-state index contributed by atoms with van der Waals surface area (Å²) in [5, 5.41) is 13.1. The van der Waals surface area contributed by atoms with Crippen molar-refractivity contribution in [2.45, 2.75) is 38.5 Å². The maximum atomic E-state index is 9.32. The van der Waals surface area contributed by atoms with Gasteiger partial charge in [0, 0.05) is 12.1 Å². The van der Waals surface area contributed by atoms with Crippen molar-refractivity contribution in [1.82, 2.24) is 5.32 Å². The van der Waals surface area contributed by atoms with E-state index in [-0.39, 0.29) is 12.6 Å². The van der Waals surface area contributed by atoms with Crippen LogP contribution in [0, 0.1) is 5.92 Å². The molecular formula is C20H25NO2. The van der Waals surface area contributed by atoms with E-state index >= 15 is 0 Å². The maximum Gasteiger partial charge on any atom is 0.118 e. The first-order chi connectivity index (χ1) is 11.2. The third-order valence-corrected chi connectivity index (χ3v) is 4.63. The molecule has 2 N–H and O–H groups in total. The number of hydrogen-bond acceptors (Lipinski definition) is 3. The lowest BCUT2D eigenvalue weighted by atomic mass is 9.98. The van der Waals surface area contributed by atoms with Crippen molar-refractivity contribution in [3.05, 3.63) is 65.2 Å². The number of aliphatic hydroxyl groups is 1. The van der Waals surface area contributed by atoms with Gasteiger partial charge in [-0.25, -0.2) is 0 Å². The van der Waals surface area contributed by atoms with Gasteiger partial charge in [0.1, 0.15) is 5.75 Å². The Morgan fingerprint density at radius 2 is 1.87 bits per heavy atom. The molecule has 2 atom stereocenters. The largest absolute Gasteiger partial charge is 0.497 e. The van der Waals surface area contributed by atoms with Crippen LogP contribution in [0.1, 0.15) is 48.5 Å². The molecule has 3 heteroatoms. The topological polar surface area (TPSA) is 41.5 Å². The lowest BCUT2D eigenvalue weighted by Gasteiger charge is -2.24. The van der Waals surface area contributed by atoms with Gasteiger partial charge in [0.15, 0.2) is 0 Å². The molecule has 122 valence electrons. The third-order valence-electron chi connectivity index (χ3n) is 4.63. The van der Waals surface area contributed by atoms with Crippen LogP contribution in [0.15, 0.2) is 48.5 Å². The molecule has 23 heavy (non-hydrogen) atoms. The van der Waals surface area contributed by atoms with Crippen molar-refractivity contribution in [1.29, 1.82) is 0 Å². The normalized spacial score (nSPS) is 16.8. The summed E-state index contributed by atoms with van der Waals surface area (Å²) in [6.45, 7) is 2.28. The van der Waals surface area contributed by atoms with Crippen molar-refractivity contribution >= 4 is 0 Å². The van der Waals surface area contributed by atoms with Crippen LogP contribution in [0.5, 0.6) is 5.75 Å². The number of ether oxygens (including phenoxy) is 1. The summed E-state index contributed by atoms with van der Waals surface area (Å²) in [4.78, 5) is 0. The van der Waals surface area contributed by atoms with E-state index in [0.29, 0.717) is 12.0 Å². The molecule has 0 bridgehead atoms. The molecule has 1 saturated carbocycles. The number of nitrogens with one attached hydrogen (secondary N) is 1. The highest BCUT2D eigenvalue weighted by Crippen LogP contribution is 2.42. The smallest absolute Gasteiger partial charge is 0.118 e. The Hall–Kier alpha value is -1.84. The minimum atomic E-state index is 0.0884. The highest BCUT2D eigenvalue weighted by atomic mass is 16.5. The molecule has 3 nitrogen and oxygen atoms in total. The molecule has 0 aromatic heterocycles. The Labute approximate surface area is 138 Å². The minimum Gasteiger partial charge on any atom is -0.497 e. The second-order valence-electron chi connectivity index (χ2n) is 6.38. The zero-order valence-corrected chi connectivity index (χ0v) is 13.8. The number of methoxy groups -OCH3 is 1. The van der Waals surface area contributed by atoms with Gasteiger partial charge in [-0.15, -0.1) is 0 Å². The number of rotatable bonds is 7. The lowest BCUT2D eigenvalue weighted by Crippen LogP contribution is -2.26. The van der Waals surface area contributed by atoms with Crippen LogP contribution in [0.2, 0.25) is 0 Å². The molecule has 0 saturated heterocycles. The molecule has 2 aromatic carbocycles. The van der Waals surface area contributed by atoms with Gasteiger partial charge < -0.3 is 15.2 Å². The Bertz CT molecular complexity index is 634. The van der Waals surface area contributed by atoms with E-state index in [2.05, 4.69) is 36.5 Å². The predicted molar refractivity (Wildman–Crippen MR) is 92.4 cm³/mol. The maximum absolute atomic E-state index is 9.32. The van der Waals surface area contributed by atoms with Crippen molar-refractivity contribution in [2.75, 3.05) is 7.11 Å². The van der Waals surface area contributed by atoms with Crippen LogP contribution in [0.25, 0.3) is 0 Å². The van der Waals surface area contributed by atoms with Gasteiger partial charge in [0.25, 0.3) is 0 Å². The summed E-state index contributed by atoms with van der Waals surface area (Å²) in [6, 6.07) is 17.2. The Kier molecular flexibility index (Phi) is 4.99. The van der Waals surface area contributed by atoms with Crippen molar-refractivity contribution in [2.24, 2.45) is 5.92 Å². The van der Waals surface area contributed by atoms with Gasteiger partial charge in [0.2, 0.25) is 0 Å². The zero-order valence-electron chi connectivity index (χ0n) is 13.8. The van der Waals surface area contributed by atoms with Crippen LogP contribution in [0.4, 0.5) is 0 Å². The van der Waals surface area contributed by atoms with Crippen molar-refractivity contribution in [3.8, 4) is 5.75 Å². The number of aliphatic hydroxyl groups excluding tert-OH is 1. The molecule has 3 rings (SSSR count). The second-order valence-corrected chi connectivity index (χ2v) is 6.38. The summed E-state index contributed by atoms with van der Waals surface area (Å²) >= 11 is 0. The highest BCUT2D eigenvalue weighted by Gasteiger charge is 2.33. The molecule has 1 aliphatic rings. The second kappa shape index (κ2) is 7.16. The molecule has 0 heterocycles. The predicted octanol–water partition coefficient (Wildman–Crippen LogP) is 3.99. The summed E-state index contributed by atoms with van der Waals surface area (Å²) in [5.41, 5.74) is 3.50. The fourth-order valence-corrected chi connectivity index (χ4v) is 3.07. The standard InChI is InChI=1S/C20H25NO2/c1-14(18-5-3-4-15(12-18)13-22)21-20(16-6-7-16)17-8-10-19(23-2)11-9-17/h3-5,8-12,14,16,20-22H,6-7,13H2,1-2H3. The molecule has 0 aliphatic heterocycles. The summed E-state index contributed by atoms with van der Waals surface area (Å²) in [6.07, 6.45) is 2.57. The lowest BCUT2D eigenvalue weighted by molar-refractivity contribution is 0.281. The van der Waals surface area contributed by atoms with Crippen LogP contribution in [0.3, 0.4) is 0 Å². The SMILES string of the molecule is COc1ccc(C(NC(C)c2cccc(CO)c2)C2CC2)cc1. The third kappa shape index (κ3) is 3.92. The monoisotopic (exact) mass is 311 g/mol.